The van der Waals surface area contributed by atoms with Crippen LogP contribution in [0.3, 0.4) is 0 Å². The Morgan fingerprint density at radius 3 is 2.72 bits per heavy atom. The molecule has 0 atom stereocenters. The number of anilines is 2. The minimum atomic E-state index is 0.199. The van der Waals surface area contributed by atoms with Crippen LogP contribution in [0, 0.1) is 6.92 Å². The van der Waals surface area contributed by atoms with Gasteiger partial charge in [-0.25, -0.2) is 9.97 Å². The van der Waals surface area contributed by atoms with Gasteiger partial charge >= 0.3 is 0 Å². The summed E-state index contributed by atoms with van der Waals surface area (Å²) in [5.41, 5.74) is 0. The van der Waals surface area contributed by atoms with Gasteiger partial charge in [0, 0.05) is 25.3 Å². The molecule has 3 N–H and O–H groups in total. The van der Waals surface area contributed by atoms with Crippen molar-refractivity contribution in [1.29, 1.82) is 0 Å². The second kappa shape index (κ2) is 6.54. The third kappa shape index (κ3) is 3.84. The van der Waals surface area contributed by atoms with Crippen LogP contribution in [0.1, 0.15) is 37.9 Å². The third-order valence-corrected chi connectivity index (χ3v) is 3.19. The summed E-state index contributed by atoms with van der Waals surface area (Å²) in [5, 5.41) is 15.4. The van der Waals surface area contributed by atoms with E-state index in [1.165, 1.54) is 25.7 Å². The van der Waals surface area contributed by atoms with Crippen molar-refractivity contribution in [3.05, 3.63) is 11.9 Å². The molecular weight excluding hydrogens is 228 g/mol. The number of aryl methyl sites for hydroxylation is 1. The first-order valence-electron chi connectivity index (χ1n) is 6.75. The van der Waals surface area contributed by atoms with Crippen molar-refractivity contribution in [3.8, 4) is 0 Å². The quantitative estimate of drug-likeness (QED) is 0.673. The smallest absolute Gasteiger partial charge is 0.132 e. The fraction of sp³-hybridized carbons (Fsp3) is 0.692. The van der Waals surface area contributed by atoms with E-state index in [0.29, 0.717) is 6.04 Å². The normalized spacial score (nSPS) is 15.9. The zero-order chi connectivity index (χ0) is 12.8. The molecule has 0 saturated heterocycles. The Hall–Kier alpha value is -1.36. The maximum atomic E-state index is 8.76. The third-order valence-electron chi connectivity index (χ3n) is 3.19. The Labute approximate surface area is 108 Å². The number of rotatable bonds is 6. The van der Waals surface area contributed by atoms with E-state index in [2.05, 4.69) is 20.6 Å². The Morgan fingerprint density at radius 1 is 1.28 bits per heavy atom. The Kier molecular flexibility index (Phi) is 4.75. The van der Waals surface area contributed by atoms with Gasteiger partial charge in [-0.2, -0.15) is 0 Å². The van der Waals surface area contributed by atoms with Crippen LogP contribution < -0.4 is 10.6 Å². The molecule has 0 spiro atoms. The van der Waals surface area contributed by atoms with Crippen LogP contribution >= 0.6 is 0 Å². The molecule has 1 heterocycles. The molecule has 1 saturated carbocycles. The molecular formula is C13H22N4O. The lowest BCUT2D eigenvalue weighted by atomic mass is 10.2. The van der Waals surface area contributed by atoms with Gasteiger partial charge in [-0.3, -0.25) is 0 Å². The summed E-state index contributed by atoms with van der Waals surface area (Å²) >= 11 is 0. The van der Waals surface area contributed by atoms with E-state index in [-0.39, 0.29) is 6.61 Å². The van der Waals surface area contributed by atoms with Crippen LogP contribution in [0.2, 0.25) is 0 Å². The van der Waals surface area contributed by atoms with Crippen molar-refractivity contribution in [3.63, 3.8) is 0 Å². The van der Waals surface area contributed by atoms with Crippen LogP contribution in [-0.4, -0.2) is 34.3 Å². The van der Waals surface area contributed by atoms with Crippen LogP contribution in [0.15, 0.2) is 6.07 Å². The predicted molar refractivity (Wildman–Crippen MR) is 72.8 cm³/mol. The Bertz CT molecular complexity index is 377. The van der Waals surface area contributed by atoms with E-state index in [4.69, 9.17) is 5.11 Å². The second-order valence-corrected chi connectivity index (χ2v) is 4.82. The van der Waals surface area contributed by atoms with Gasteiger partial charge in [0.25, 0.3) is 0 Å². The van der Waals surface area contributed by atoms with E-state index in [0.717, 1.165) is 30.4 Å². The number of nitrogens with zero attached hydrogens (tertiary/aromatic N) is 2. The zero-order valence-electron chi connectivity index (χ0n) is 10.9. The lowest BCUT2D eigenvalue weighted by molar-refractivity contribution is 0.292. The molecule has 1 fully saturated rings. The molecule has 1 aliphatic rings. The second-order valence-electron chi connectivity index (χ2n) is 4.82. The molecule has 0 amide bonds. The number of hydrogen-bond donors (Lipinski definition) is 3. The molecule has 0 aromatic carbocycles. The van der Waals surface area contributed by atoms with E-state index >= 15 is 0 Å². The van der Waals surface area contributed by atoms with Crippen molar-refractivity contribution in [1.82, 2.24) is 9.97 Å². The van der Waals surface area contributed by atoms with E-state index < -0.39 is 0 Å². The van der Waals surface area contributed by atoms with Gasteiger partial charge in [0.15, 0.2) is 0 Å². The van der Waals surface area contributed by atoms with Gasteiger partial charge in [-0.05, 0) is 26.2 Å². The molecule has 100 valence electrons. The van der Waals surface area contributed by atoms with Gasteiger partial charge in [0.05, 0.1) is 0 Å². The molecule has 18 heavy (non-hydrogen) atoms. The standard InChI is InChI=1S/C13H22N4O/c1-10-15-12(14-7-4-8-18)9-13(16-10)17-11-5-2-3-6-11/h9,11,18H,2-8H2,1H3,(H2,14,15,16,17). The fourth-order valence-corrected chi connectivity index (χ4v) is 2.31. The summed E-state index contributed by atoms with van der Waals surface area (Å²) in [6.07, 6.45) is 5.81. The summed E-state index contributed by atoms with van der Waals surface area (Å²) < 4.78 is 0. The summed E-state index contributed by atoms with van der Waals surface area (Å²) in [6, 6.07) is 2.51. The molecule has 0 bridgehead atoms. The van der Waals surface area contributed by atoms with Gasteiger partial charge in [-0.1, -0.05) is 12.8 Å². The first-order valence-corrected chi connectivity index (χ1v) is 6.75. The van der Waals surface area contributed by atoms with Crippen LogP contribution in [0.5, 0.6) is 0 Å². The maximum Gasteiger partial charge on any atom is 0.132 e. The highest BCUT2D eigenvalue weighted by Crippen LogP contribution is 2.22. The molecule has 2 rings (SSSR count). The fourth-order valence-electron chi connectivity index (χ4n) is 2.31. The average Bonchev–Trinajstić information content (AvgIpc) is 2.81. The highest BCUT2D eigenvalue weighted by Gasteiger charge is 2.15. The lowest BCUT2D eigenvalue weighted by Gasteiger charge is -2.14. The van der Waals surface area contributed by atoms with Crippen LogP contribution in [-0.2, 0) is 0 Å². The summed E-state index contributed by atoms with van der Waals surface area (Å²) in [4.78, 5) is 8.75. The van der Waals surface area contributed by atoms with E-state index in [1.807, 2.05) is 13.0 Å². The minimum absolute atomic E-state index is 0.199. The van der Waals surface area contributed by atoms with Crippen molar-refractivity contribution in [2.75, 3.05) is 23.8 Å². The topological polar surface area (TPSA) is 70.1 Å². The molecule has 0 radical (unpaired) electrons. The average molecular weight is 250 g/mol. The number of nitrogens with one attached hydrogen (secondary N) is 2. The van der Waals surface area contributed by atoms with E-state index in [9.17, 15) is 0 Å². The molecule has 1 aromatic heterocycles. The van der Waals surface area contributed by atoms with Gasteiger partial charge in [0.1, 0.15) is 17.5 Å². The first kappa shape index (κ1) is 13.1. The maximum absolute atomic E-state index is 8.76. The predicted octanol–water partition coefficient (Wildman–Crippen LogP) is 1.93. The monoisotopic (exact) mass is 250 g/mol. The Balaban J connectivity index is 1.96. The van der Waals surface area contributed by atoms with Crippen molar-refractivity contribution < 1.29 is 5.11 Å². The molecule has 5 nitrogen and oxygen atoms in total. The van der Waals surface area contributed by atoms with Crippen LogP contribution in [0.4, 0.5) is 11.6 Å². The van der Waals surface area contributed by atoms with Gasteiger partial charge in [0.2, 0.25) is 0 Å². The van der Waals surface area contributed by atoms with E-state index in [1.54, 1.807) is 0 Å². The zero-order valence-corrected chi connectivity index (χ0v) is 10.9. The largest absolute Gasteiger partial charge is 0.396 e. The molecule has 1 aliphatic carbocycles. The van der Waals surface area contributed by atoms with Crippen molar-refractivity contribution in [2.24, 2.45) is 0 Å². The molecule has 0 unspecified atom stereocenters. The van der Waals surface area contributed by atoms with Gasteiger partial charge in [-0.15, -0.1) is 0 Å². The summed E-state index contributed by atoms with van der Waals surface area (Å²) in [6.45, 7) is 2.83. The summed E-state index contributed by atoms with van der Waals surface area (Å²) in [7, 11) is 0. The molecule has 5 heteroatoms. The minimum Gasteiger partial charge on any atom is -0.396 e. The summed E-state index contributed by atoms with van der Waals surface area (Å²) in [5.74, 6) is 2.50. The Morgan fingerprint density at radius 2 is 2.00 bits per heavy atom. The molecule has 0 aliphatic heterocycles. The molecule has 1 aromatic rings. The first-order chi connectivity index (χ1) is 8.78. The number of hydrogen-bond acceptors (Lipinski definition) is 5. The number of aromatic nitrogens is 2. The number of aliphatic hydroxyl groups is 1. The highest BCUT2D eigenvalue weighted by molar-refractivity contribution is 5.48. The SMILES string of the molecule is Cc1nc(NCCCO)cc(NC2CCCC2)n1. The number of aliphatic hydroxyl groups excluding tert-OH is 1. The van der Waals surface area contributed by atoms with Crippen molar-refractivity contribution >= 4 is 11.6 Å². The lowest BCUT2D eigenvalue weighted by Crippen LogP contribution is -2.16. The van der Waals surface area contributed by atoms with Crippen molar-refractivity contribution in [2.45, 2.75) is 45.1 Å². The van der Waals surface area contributed by atoms with Crippen LogP contribution in [0.25, 0.3) is 0 Å². The highest BCUT2D eigenvalue weighted by atomic mass is 16.3. The van der Waals surface area contributed by atoms with Gasteiger partial charge < -0.3 is 15.7 Å².